The monoisotopic (exact) mass is 808 g/mol. The number of aliphatic hydroxyl groups is 4. The maximum absolute atomic E-state index is 12.0. The van der Waals surface area contributed by atoms with E-state index < -0.39 is 46.6 Å². The number of nitrogens with one attached hydrogen (secondary N) is 2. The van der Waals surface area contributed by atoms with Gasteiger partial charge in [-0.15, -0.1) is 0 Å². The number of rotatable bonds is 23. The van der Waals surface area contributed by atoms with Gasteiger partial charge in [-0.2, -0.15) is 26.3 Å². The van der Waals surface area contributed by atoms with Gasteiger partial charge in [0.1, 0.15) is 0 Å². The molecule has 2 amide bonds. The first kappa shape index (κ1) is 58.8. The molecule has 14 nitrogen and oxygen atoms in total. The number of hydrogen-bond donors (Lipinski definition) is 7. The highest BCUT2D eigenvalue weighted by molar-refractivity contribution is 5.81. The van der Waals surface area contributed by atoms with E-state index in [1.807, 2.05) is 20.9 Å². The fourth-order valence-electron chi connectivity index (χ4n) is 3.55. The lowest BCUT2D eigenvalue weighted by Crippen LogP contribution is -2.42. The van der Waals surface area contributed by atoms with Gasteiger partial charge >= 0.3 is 24.2 Å². The molecule has 0 fully saturated rings. The van der Waals surface area contributed by atoms with Gasteiger partial charge in [0.25, 0.3) is 0 Å². The highest BCUT2D eigenvalue weighted by Gasteiger charge is 2.41. The van der Waals surface area contributed by atoms with Crippen molar-refractivity contribution in [2.75, 3.05) is 93.1 Å². The highest BCUT2D eigenvalue weighted by Crippen LogP contribution is 2.19. The highest BCUT2D eigenvalue weighted by atomic mass is 19.4. The van der Waals surface area contributed by atoms with Crippen molar-refractivity contribution in [1.82, 2.24) is 15.5 Å². The van der Waals surface area contributed by atoms with E-state index in [1.54, 1.807) is 33.0 Å². The zero-order valence-electron chi connectivity index (χ0n) is 33.8. The Labute approximate surface area is 317 Å². The molecule has 0 rings (SSSR count). The summed E-state index contributed by atoms with van der Waals surface area (Å²) in [6.07, 6.45) is -8.43. The maximum Gasteiger partial charge on any atom is 0.471 e. The second-order valence-electron chi connectivity index (χ2n) is 13.4. The molecule has 20 heteroatoms. The van der Waals surface area contributed by atoms with E-state index in [0.29, 0.717) is 57.5 Å². The first-order valence-electron chi connectivity index (χ1n) is 17.8. The van der Waals surface area contributed by atoms with Crippen molar-refractivity contribution < 1.29 is 75.3 Å². The molecule has 0 aliphatic heterocycles. The van der Waals surface area contributed by atoms with E-state index in [1.165, 1.54) is 13.8 Å². The topological polar surface area (TPSA) is 205 Å². The Kier molecular flexibility index (Phi) is 33.0. The van der Waals surface area contributed by atoms with Crippen LogP contribution < -0.4 is 16.4 Å². The normalized spacial score (nSPS) is 15.9. The van der Waals surface area contributed by atoms with Gasteiger partial charge in [0.2, 0.25) is 0 Å². The molecule has 0 aliphatic carbocycles. The molecule has 4 atom stereocenters. The lowest BCUT2D eigenvalue weighted by Gasteiger charge is -2.26. The van der Waals surface area contributed by atoms with Crippen molar-refractivity contribution in [3.63, 3.8) is 0 Å². The lowest BCUT2D eigenvalue weighted by molar-refractivity contribution is -0.184. The van der Waals surface area contributed by atoms with Crippen LogP contribution in [-0.4, -0.2) is 165 Å². The predicted octanol–water partition coefficient (Wildman–Crippen LogP) is 2.53. The van der Waals surface area contributed by atoms with E-state index >= 15 is 0 Å². The van der Waals surface area contributed by atoms with Crippen LogP contribution in [0.5, 0.6) is 0 Å². The number of hydrogen-bond acceptors (Lipinski definition) is 12. The standard InChI is InChI=1S/C10H18F3NO3.C9H16F3NO3.C8H19NO2.C7H17NO2/c1-4-17-7-9(2,16)5-6-14(3)8(15)10(11,12)13;1-3-16-6-8(2,15)4-5-13-7(14)9(10,11)12;1-4-11-7-8(2,10)5-6-9-3;1-3-10-6-7(2,9)4-5-8/h16H,4-7H2,1-3H3;15H,3-6H2,1-2H3,(H,13,14);9-10H,4-7H2,1-3H3;9H,3-6,8H2,1-2H3. The van der Waals surface area contributed by atoms with E-state index in [4.69, 9.17) is 24.7 Å². The molecule has 8 N–H and O–H groups in total. The Bertz CT molecular complexity index is 932. The summed E-state index contributed by atoms with van der Waals surface area (Å²) in [7, 11) is 2.92. The van der Waals surface area contributed by atoms with Gasteiger partial charge in [0.15, 0.2) is 0 Å². The number of alkyl halides is 6. The van der Waals surface area contributed by atoms with E-state index in [2.05, 4.69) is 5.32 Å². The van der Waals surface area contributed by atoms with Crippen LogP contribution in [0, 0.1) is 0 Å². The van der Waals surface area contributed by atoms with Crippen LogP contribution in [0.25, 0.3) is 0 Å². The number of nitrogens with zero attached hydrogens (tertiary/aromatic N) is 1. The van der Waals surface area contributed by atoms with Crippen molar-refractivity contribution in [2.45, 2.75) is 116 Å². The number of amides is 2. The van der Waals surface area contributed by atoms with Gasteiger partial charge in [-0.05, 0) is 101 Å². The molecule has 0 saturated heterocycles. The Hall–Kier alpha value is -1.88. The largest absolute Gasteiger partial charge is 0.471 e. The van der Waals surface area contributed by atoms with E-state index in [0.717, 1.165) is 20.0 Å². The SMILES string of the molecule is CCOCC(C)(O)CCN.CCOCC(C)(O)CCN(C)C(=O)C(F)(F)F.CCOCC(C)(O)CCNC.CCOCC(C)(O)CCNC(=O)C(F)(F)F. The van der Waals surface area contributed by atoms with Crippen LogP contribution in [0.15, 0.2) is 0 Å². The Morgan fingerprint density at radius 3 is 1.24 bits per heavy atom. The quantitative estimate of drug-likeness (QED) is 0.0745. The van der Waals surface area contributed by atoms with Crippen LogP contribution >= 0.6 is 0 Å². The lowest BCUT2D eigenvalue weighted by atomic mass is 10.0. The van der Waals surface area contributed by atoms with Crippen LogP contribution in [0.3, 0.4) is 0 Å². The molecule has 0 aromatic heterocycles. The molecule has 0 bridgehead atoms. The van der Waals surface area contributed by atoms with Crippen LogP contribution in [0.2, 0.25) is 0 Å². The van der Waals surface area contributed by atoms with Gasteiger partial charge < -0.3 is 60.6 Å². The van der Waals surface area contributed by atoms with Gasteiger partial charge in [0.05, 0.1) is 48.8 Å². The molecule has 54 heavy (non-hydrogen) atoms. The number of carbonyl (C=O) groups excluding carboxylic acids is 2. The molecule has 0 saturated carbocycles. The third kappa shape index (κ3) is 38.4. The zero-order chi connectivity index (χ0) is 43.3. The molecule has 0 aromatic rings. The first-order chi connectivity index (χ1) is 24.5. The van der Waals surface area contributed by atoms with Crippen molar-refractivity contribution in [3.8, 4) is 0 Å². The third-order valence-electron chi connectivity index (χ3n) is 6.85. The van der Waals surface area contributed by atoms with E-state index in [-0.39, 0.29) is 39.1 Å². The summed E-state index contributed by atoms with van der Waals surface area (Å²) in [6.45, 7) is 17.6. The molecular weight excluding hydrogens is 738 g/mol. The average molecular weight is 809 g/mol. The van der Waals surface area contributed by atoms with Crippen molar-refractivity contribution >= 4 is 11.8 Å². The Morgan fingerprint density at radius 1 is 0.611 bits per heavy atom. The predicted molar refractivity (Wildman–Crippen MR) is 193 cm³/mol. The summed E-state index contributed by atoms with van der Waals surface area (Å²) >= 11 is 0. The van der Waals surface area contributed by atoms with Gasteiger partial charge in [-0.3, -0.25) is 9.59 Å². The summed E-state index contributed by atoms with van der Waals surface area (Å²) in [5.74, 6) is -3.91. The fraction of sp³-hybridized carbons (Fsp3) is 0.941. The number of halogens is 6. The summed E-state index contributed by atoms with van der Waals surface area (Å²) < 4.78 is 91.5. The molecule has 0 radical (unpaired) electrons. The molecule has 0 heterocycles. The minimum absolute atomic E-state index is 0.00514. The number of ether oxygens (including phenoxy) is 4. The summed E-state index contributed by atoms with van der Waals surface area (Å²) in [5.41, 5.74) is 1.36. The second kappa shape index (κ2) is 30.3. The van der Waals surface area contributed by atoms with Crippen molar-refractivity contribution in [1.29, 1.82) is 0 Å². The summed E-state index contributed by atoms with van der Waals surface area (Å²) in [6, 6.07) is 0. The molecule has 0 aromatic carbocycles. The fourth-order valence-corrected chi connectivity index (χ4v) is 3.55. The third-order valence-corrected chi connectivity index (χ3v) is 6.85. The molecule has 4 unspecified atom stereocenters. The molecule has 0 aliphatic rings. The smallest absolute Gasteiger partial charge is 0.388 e. The van der Waals surface area contributed by atoms with Crippen LogP contribution in [-0.2, 0) is 28.5 Å². The van der Waals surface area contributed by atoms with Crippen molar-refractivity contribution in [2.24, 2.45) is 5.73 Å². The van der Waals surface area contributed by atoms with Crippen molar-refractivity contribution in [3.05, 3.63) is 0 Å². The van der Waals surface area contributed by atoms with Gasteiger partial charge in [-0.25, -0.2) is 0 Å². The average Bonchev–Trinajstić information content (AvgIpc) is 3.05. The Morgan fingerprint density at radius 2 is 0.944 bits per heavy atom. The summed E-state index contributed by atoms with van der Waals surface area (Å²) in [5, 5.41) is 43.1. The zero-order valence-corrected chi connectivity index (χ0v) is 33.8. The first-order valence-corrected chi connectivity index (χ1v) is 17.8. The minimum Gasteiger partial charge on any atom is -0.388 e. The number of carbonyl (C=O) groups is 2. The Balaban J connectivity index is -0.000000316. The number of nitrogens with two attached hydrogens (primary N) is 1. The minimum atomic E-state index is -4.88. The molecule has 0 spiro atoms. The van der Waals surface area contributed by atoms with Gasteiger partial charge in [0, 0.05) is 46.6 Å². The second-order valence-corrected chi connectivity index (χ2v) is 13.4. The van der Waals surface area contributed by atoms with E-state index in [9.17, 15) is 56.4 Å². The van der Waals surface area contributed by atoms with Crippen LogP contribution in [0.1, 0.15) is 81.1 Å². The maximum atomic E-state index is 12.0. The van der Waals surface area contributed by atoms with Gasteiger partial charge in [-0.1, -0.05) is 0 Å². The molecule has 328 valence electrons. The summed E-state index contributed by atoms with van der Waals surface area (Å²) in [4.78, 5) is 21.7. The molecular formula is C34H70F6N4O10. The van der Waals surface area contributed by atoms with Crippen LogP contribution in [0.4, 0.5) is 26.3 Å².